The summed E-state index contributed by atoms with van der Waals surface area (Å²) in [5.74, 6) is -3.97. The highest BCUT2D eigenvalue weighted by Crippen LogP contribution is 2.30. The Kier molecular flexibility index (Phi) is 5.27. The second-order valence-corrected chi connectivity index (χ2v) is 8.60. The first-order valence-electron chi connectivity index (χ1n) is 8.51. The van der Waals surface area contributed by atoms with Crippen LogP contribution in [0.25, 0.3) is 10.9 Å². The van der Waals surface area contributed by atoms with E-state index in [1.807, 2.05) is 29.0 Å². The lowest BCUT2D eigenvalue weighted by Gasteiger charge is -2.18. The van der Waals surface area contributed by atoms with Crippen LogP contribution in [0.15, 0.2) is 30.6 Å². The van der Waals surface area contributed by atoms with Crippen LogP contribution in [-0.2, 0) is 10.0 Å². The largest absolute Gasteiger partial charge is 0.331 e. The van der Waals surface area contributed by atoms with Gasteiger partial charge in [-0.2, -0.15) is 0 Å². The molecule has 0 aliphatic carbocycles. The number of fused-ring (bicyclic) bond motifs is 1. The van der Waals surface area contributed by atoms with E-state index in [0.29, 0.717) is 26.4 Å². The van der Waals surface area contributed by atoms with Crippen LogP contribution in [0.5, 0.6) is 0 Å². The summed E-state index contributed by atoms with van der Waals surface area (Å²) in [6.45, 7) is 1.29. The van der Waals surface area contributed by atoms with Crippen molar-refractivity contribution >= 4 is 27.0 Å². The van der Waals surface area contributed by atoms with E-state index in [1.165, 1.54) is 11.2 Å². The van der Waals surface area contributed by atoms with Crippen molar-refractivity contribution in [3.05, 3.63) is 36.3 Å². The minimum Gasteiger partial charge on any atom is -0.323 e. The first kappa shape index (κ1) is 19.4. The molecule has 2 amide bonds. The number of para-hydroxylation sites is 1. The third-order valence-corrected chi connectivity index (χ3v) is 5.72. The number of halogens is 2. The molecular formula is C17H20F2N4O3S. The van der Waals surface area contributed by atoms with E-state index in [4.69, 9.17) is 0 Å². The van der Waals surface area contributed by atoms with Gasteiger partial charge in [0, 0.05) is 30.8 Å². The van der Waals surface area contributed by atoms with Crippen molar-refractivity contribution in [2.24, 2.45) is 0 Å². The molecule has 0 saturated carbocycles. The van der Waals surface area contributed by atoms with Gasteiger partial charge >= 0.3 is 6.03 Å². The van der Waals surface area contributed by atoms with E-state index in [0.717, 1.165) is 16.6 Å². The van der Waals surface area contributed by atoms with E-state index in [-0.39, 0.29) is 5.92 Å². The number of urea groups is 1. The molecule has 10 heteroatoms. The number of aromatic nitrogens is 2. The van der Waals surface area contributed by atoms with Crippen molar-refractivity contribution in [2.75, 3.05) is 18.8 Å². The summed E-state index contributed by atoms with van der Waals surface area (Å²) in [4.78, 5) is 22.2. The number of rotatable bonds is 5. The summed E-state index contributed by atoms with van der Waals surface area (Å²) >= 11 is 0. The number of hydrogen-bond donors (Lipinski definition) is 1. The van der Waals surface area contributed by atoms with Crippen LogP contribution in [0.2, 0.25) is 0 Å². The Morgan fingerprint density at radius 1 is 1.33 bits per heavy atom. The second kappa shape index (κ2) is 7.34. The molecule has 1 atom stereocenters. The molecule has 146 valence electrons. The third-order valence-electron chi connectivity index (χ3n) is 4.49. The zero-order valence-electron chi connectivity index (χ0n) is 14.7. The van der Waals surface area contributed by atoms with Crippen molar-refractivity contribution in [3.63, 3.8) is 0 Å². The van der Waals surface area contributed by atoms with Gasteiger partial charge in [-0.15, -0.1) is 0 Å². The molecule has 3 rings (SSSR count). The number of carbonyl (C=O) groups is 1. The highest BCUT2D eigenvalue weighted by Gasteiger charge is 2.32. The molecule has 2 aromatic rings. The van der Waals surface area contributed by atoms with Crippen molar-refractivity contribution < 1.29 is 22.0 Å². The Balaban J connectivity index is 1.66. The number of benzene rings is 1. The number of sulfonamides is 1. The molecule has 2 heterocycles. The molecule has 1 saturated heterocycles. The monoisotopic (exact) mass is 398 g/mol. The van der Waals surface area contributed by atoms with Gasteiger partial charge in [-0.25, -0.2) is 36.7 Å². The van der Waals surface area contributed by atoms with E-state index in [9.17, 15) is 22.0 Å². The number of alkyl halides is 2. The van der Waals surface area contributed by atoms with E-state index < -0.39 is 34.2 Å². The third kappa shape index (κ3) is 4.88. The first-order valence-corrected chi connectivity index (χ1v) is 10.2. The average molecular weight is 398 g/mol. The fraction of sp³-hybridized carbons (Fsp3) is 0.471. The van der Waals surface area contributed by atoms with Gasteiger partial charge in [0.25, 0.3) is 0 Å². The molecule has 1 fully saturated rings. The van der Waals surface area contributed by atoms with E-state index in [1.54, 1.807) is 0 Å². The molecule has 1 N–H and O–H groups in total. The Bertz CT molecular complexity index is 941. The molecule has 7 nitrogen and oxygen atoms in total. The summed E-state index contributed by atoms with van der Waals surface area (Å²) in [5.41, 5.74) is 1.61. The van der Waals surface area contributed by atoms with Crippen LogP contribution in [0.4, 0.5) is 13.6 Å². The summed E-state index contributed by atoms with van der Waals surface area (Å²) < 4.78 is 51.3. The van der Waals surface area contributed by atoms with Crippen molar-refractivity contribution in [3.8, 4) is 0 Å². The van der Waals surface area contributed by atoms with Crippen LogP contribution >= 0.6 is 0 Å². The molecule has 27 heavy (non-hydrogen) atoms. The topological polar surface area (TPSA) is 92.3 Å². The van der Waals surface area contributed by atoms with Gasteiger partial charge in [0.05, 0.1) is 17.0 Å². The Morgan fingerprint density at radius 3 is 2.81 bits per heavy atom. The Hall–Kier alpha value is -2.36. The average Bonchev–Trinajstić information content (AvgIpc) is 3.09. The summed E-state index contributed by atoms with van der Waals surface area (Å²) in [7, 11) is -4.12. The minimum atomic E-state index is -4.12. The maximum Gasteiger partial charge on any atom is 0.331 e. The standard InChI is InChI=1S/C17H20F2N4O3S/c1-17(18,19)7-9-27(25,26)22-16(24)23-8-6-12(10-23)15-13-4-2-3-5-14(13)20-11-21-15/h2-5,11-12H,6-10H2,1H3,(H,22,24). The summed E-state index contributed by atoms with van der Waals surface area (Å²) in [5, 5.41) is 0.894. The summed E-state index contributed by atoms with van der Waals surface area (Å²) in [6, 6.07) is 6.73. The molecule has 0 radical (unpaired) electrons. The van der Waals surface area contributed by atoms with Crippen LogP contribution < -0.4 is 4.72 Å². The fourth-order valence-corrected chi connectivity index (χ4v) is 4.21. The number of carbonyl (C=O) groups excluding carboxylic acids is 1. The van der Waals surface area contributed by atoms with Crippen LogP contribution in [0, 0.1) is 0 Å². The lowest BCUT2D eigenvalue weighted by molar-refractivity contribution is 0.0188. The SMILES string of the molecule is CC(F)(F)CCS(=O)(=O)NC(=O)N1CCC(c2ncnc3ccccc23)C1. The molecule has 1 aromatic carbocycles. The van der Waals surface area contributed by atoms with Gasteiger partial charge in [0.2, 0.25) is 15.9 Å². The van der Waals surface area contributed by atoms with Crippen molar-refractivity contribution in [2.45, 2.75) is 31.6 Å². The van der Waals surface area contributed by atoms with Crippen LogP contribution in [0.1, 0.15) is 31.4 Å². The molecule has 0 spiro atoms. The predicted octanol–water partition coefficient (Wildman–Crippen LogP) is 2.50. The molecule has 1 aliphatic heterocycles. The van der Waals surface area contributed by atoms with Gasteiger partial charge in [-0.1, -0.05) is 18.2 Å². The molecule has 1 aromatic heterocycles. The van der Waals surface area contributed by atoms with Gasteiger partial charge in [-0.05, 0) is 19.4 Å². The van der Waals surface area contributed by atoms with E-state index >= 15 is 0 Å². The Labute approximate surface area is 155 Å². The lowest BCUT2D eigenvalue weighted by atomic mass is 10.0. The van der Waals surface area contributed by atoms with Gasteiger partial charge in [-0.3, -0.25) is 0 Å². The van der Waals surface area contributed by atoms with Crippen molar-refractivity contribution in [1.82, 2.24) is 19.6 Å². The van der Waals surface area contributed by atoms with Crippen molar-refractivity contribution in [1.29, 1.82) is 0 Å². The minimum absolute atomic E-state index is 0.0497. The fourth-order valence-electron chi connectivity index (χ4n) is 3.08. The van der Waals surface area contributed by atoms with Gasteiger partial charge < -0.3 is 4.90 Å². The first-order chi connectivity index (χ1) is 12.6. The predicted molar refractivity (Wildman–Crippen MR) is 96.0 cm³/mol. The highest BCUT2D eigenvalue weighted by molar-refractivity contribution is 7.90. The summed E-state index contributed by atoms with van der Waals surface area (Å²) in [6.07, 6.45) is 1.25. The molecule has 1 unspecified atom stereocenters. The molecule has 0 bridgehead atoms. The molecular weight excluding hydrogens is 378 g/mol. The zero-order valence-corrected chi connectivity index (χ0v) is 15.5. The number of likely N-dealkylation sites (tertiary alicyclic amines) is 1. The van der Waals surface area contributed by atoms with Gasteiger partial charge in [0.1, 0.15) is 6.33 Å². The maximum atomic E-state index is 12.9. The highest BCUT2D eigenvalue weighted by atomic mass is 32.2. The van der Waals surface area contributed by atoms with Crippen LogP contribution in [0.3, 0.4) is 0 Å². The zero-order chi connectivity index (χ0) is 19.7. The number of nitrogens with zero attached hydrogens (tertiary/aromatic N) is 3. The molecule has 1 aliphatic rings. The number of amides is 2. The maximum absolute atomic E-state index is 12.9. The number of nitrogens with one attached hydrogen (secondary N) is 1. The second-order valence-electron chi connectivity index (χ2n) is 6.75. The normalized spacial score (nSPS) is 18.0. The Morgan fingerprint density at radius 2 is 2.07 bits per heavy atom. The van der Waals surface area contributed by atoms with Crippen LogP contribution in [-0.4, -0.2) is 54.1 Å². The number of hydrogen-bond acceptors (Lipinski definition) is 5. The van der Waals surface area contributed by atoms with E-state index in [2.05, 4.69) is 9.97 Å². The lowest BCUT2D eigenvalue weighted by Crippen LogP contribution is -2.43. The van der Waals surface area contributed by atoms with Gasteiger partial charge in [0.15, 0.2) is 0 Å². The smallest absolute Gasteiger partial charge is 0.323 e. The quantitative estimate of drug-likeness (QED) is 0.835.